The van der Waals surface area contributed by atoms with Gasteiger partial charge < -0.3 is 15.1 Å². The first-order valence-corrected chi connectivity index (χ1v) is 7.17. The van der Waals surface area contributed by atoms with Crippen LogP contribution in [0.3, 0.4) is 0 Å². The van der Waals surface area contributed by atoms with Gasteiger partial charge in [0.2, 0.25) is 11.8 Å². The van der Waals surface area contributed by atoms with E-state index < -0.39 is 0 Å². The Morgan fingerprint density at radius 2 is 1.95 bits per heavy atom. The zero-order chi connectivity index (χ0) is 14.5. The third kappa shape index (κ3) is 3.69. The Bertz CT molecular complexity index is 323. The van der Waals surface area contributed by atoms with E-state index in [9.17, 15) is 9.59 Å². The first-order valence-electron chi connectivity index (χ1n) is 7.17. The molecule has 1 N–H and O–H groups in total. The number of carbonyl (C=O) groups is 2. The van der Waals surface area contributed by atoms with E-state index in [4.69, 9.17) is 0 Å². The Kier molecular flexibility index (Phi) is 5.79. The van der Waals surface area contributed by atoms with Gasteiger partial charge in [0.15, 0.2) is 0 Å². The van der Waals surface area contributed by atoms with Crippen molar-refractivity contribution in [1.29, 1.82) is 0 Å². The lowest BCUT2D eigenvalue weighted by molar-refractivity contribution is -0.146. The maximum Gasteiger partial charge on any atom is 0.241 e. The van der Waals surface area contributed by atoms with Gasteiger partial charge in [0, 0.05) is 27.2 Å². The Labute approximate surface area is 116 Å². The molecule has 110 valence electrons. The molecule has 1 rings (SSSR count). The van der Waals surface area contributed by atoms with Crippen molar-refractivity contribution in [3.8, 4) is 0 Å². The van der Waals surface area contributed by atoms with Crippen LogP contribution in [0.25, 0.3) is 0 Å². The molecule has 19 heavy (non-hydrogen) atoms. The fraction of sp³-hybridized carbons (Fsp3) is 0.857. The van der Waals surface area contributed by atoms with Crippen LogP contribution >= 0.6 is 0 Å². The molecular formula is C14H27N3O2. The van der Waals surface area contributed by atoms with Crippen LogP contribution in [-0.4, -0.2) is 61.9 Å². The highest BCUT2D eigenvalue weighted by Crippen LogP contribution is 2.33. The first-order chi connectivity index (χ1) is 8.96. The molecule has 0 aromatic carbocycles. The van der Waals surface area contributed by atoms with Gasteiger partial charge in [-0.3, -0.25) is 9.59 Å². The van der Waals surface area contributed by atoms with Crippen molar-refractivity contribution in [2.24, 2.45) is 5.41 Å². The number of carbonyl (C=O) groups excluding carboxylic acids is 2. The Hall–Kier alpha value is -1.10. The summed E-state index contributed by atoms with van der Waals surface area (Å²) in [4.78, 5) is 27.8. The highest BCUT2D eigenvalue weighted by molar-refractivity contribution is 5.88. The predicted octanol–water partition coefficient (Wildman–Crippen LogP) is 0.703. The van der Waals surface area contributed by atoms with Gasteiger partial charge in [-0.1, -0.05) is 13.3 Å². The number of nitrogens with one attached hydrogen (secondary N) is 1. The normalized spacial score (nSPS) is 22.3. The van der Waals surface area contributed by atoms with E-state index in [2.05, 4.69) is 12.2 Å². The maximum absolute atomic E-state index is 12.8. The summed E-state index contributed by atoms with van der Waals surface area (Å²) in [7, 11) is 3.44. The van der Waals surface area contributed by atoms with Crippen LogP contribution in [0.15, 0.2) is 0 Å². The standard InChI is InChI=1S/C14H27N3O2/c1-5-7-14(8-9-15-11-14)13(19)17(6-2)10-12(18)16(3)4/h15H,5-11H2,1-4H3. The average Bonchev–Trinajstić information content (AvgIpc) is 2.84. The first kappa shape index (κ1) is 16.0. The third-order valence-electron chi connectivity index (χ3n) is 3.92. The van der Waals surface area contributed by atoms with Crippen molar-refractivity contribution in [3.05, 3.63) is 0 Å². The van der Waals surface area contributed by atoms with Crippen molar-refractivity contribution in [1.82, 2.24) is 15.1 Å². The molecule has 1 unspecified atom stereocenters. The fourth-order valence-corrected chi connectivity index (χ4v) is 2.69. The fourth-order valence-electron chi connectivity index (χ4n) is 2.69. The lowest BCUT2D eigenvalue weighted by atomic mass is 9.81. The summed E-state index contributed by atoms with van der Waals surface area (Å²) in [6.07, 6.45) is 2.77. The molecule has 5 heteroatoms. The number of nitrogens with zero attached hydrogens (tertiary/aromatic N) is 2. The molecule has 1 aliphatic heterocycles. The molecule has 0 spiro atoms. The van der Waals surface area contributed by atoms with Gasteiger partial charge in [-0.2, -0.15) is 0 Å². The van der Waals surface area contributed by atoms with Gasteiger partial charge in [-0.05, 0) is 26.3 Å². The van der Waals surface area contributed by atoms with Crippen LogP contribution in [0, 0.1) is 5.41 Å². The number of hydrogen-bond acceptors (Lipinski definition) is 3. The second-order valence-electron chi connectivity index (χ2n) is 5.56. The molecule has 5 nitrogen and oxygen atoms in total. The monoisotopic (exact) mass is 269 g/mol. The highest BCUT2D eigenvalue weighted by atomic mass is 16.2. The molecule has 1 heterocycles. The Morgan fingerprint density at radius 1 is 1.26 bits per heavy atom. The van der Waals surface area contributed by atoms with Gasteiger partial charge in [0.1, 0.15) is 0 Å². The molecule has 1 atom stereocenters. The SMILES string of the molecule is CCCC1(C(=O)N(CC)CC(=O)N(C)C)CCNC1. The molecule has 0 aromatic heterocycles. The molecule has 0 aromatic rings. The summed E-state index contributed by atoms with van der Waals surface area (Å²) in [5.41, 5.74) is -0.294. The third-order valence-corrected chi connectivity index (χ3v) is 3.92. The number of hydrogen-bond donors (Lipinski definition) is 1. The van der Waals surface area contributed by atoms with Crippen molar-refractivity contribution in [2.45, 2.75) is 33.1 Å². The van der Waals surface area contributed by atoms with Crippen LogP contribution in [0.4, 0.5) is 0 Å². The van der Waals surface area contributed by atoms with Gasteiger partial charge in [0.25, 0.3) is 0 Å². The number of amides is 2. The minimum absolute atomic E-state index is 0.0206. The second kappa shape index (κ2) is 6.89. The summed E-state index contributed by atoms with van der Waals surface area (Å²) in [5, 5.41) is 3.29. The predicted molar refractivity (Wildman–Crippen MR) is 75.8 cm³/mol. The summed E-state index contributed by atoms with van der Waals surface area (Å²) in [6, 6.07) is 0. The van der Waals surface area contributed by atoms with Crippen LogP contribution in [0.2, 0.25) is 0 Å². The van der Waals surface area contributed by atoms with E-state index in [0.717, 1.165) is 32.4 Å². The van der Waals surface area contributed by atoms with Crippen LogP contribution in [0.1, 0.15) is 33.1 Å². The molecule has 0 saturated carbocycles. The molecule has 1 saturated heterocycles. The zero-order valence-electron chi connectivity index (χ0n) is 12.7. The lowest BCUT2D eigenvalue weighted by Gasteiger charge is -2.33. The average molecular weight is 269 g/mol. The quantitative estimate of drug-likeness (QED) is 0.772. The molecule has 0 aliphatic carbocycles. The molecule has 1 aliphatic rings. The minimum Gasteiger partial charge on any atom is -0.347 e. The topological polar surface area (TPSA) is 52.7 Å². The van der Waals surface area contributed by atoms with Crippen molar-refractivity contribution >= 4 is 11.8 Å². The van der Waals surface area contributed by atoms with E-state index in [-0.39, 0.29) is 23.8 Å². The summed E-state index contributed by atoms with van der Waals surface area (Å²) < 4.78 is 0. The largest absolute Gasteiger partial charge is 0.347 e. The van der Waals surface area contributed by atoms with Gasteiger partial charge >= 0.3 is 0 Å². The number of rotatable bonds is 6. The minimum atomic E-state index is -0.294. The van der Waals surface area contributed by atoms with Gasteiger partial charge in [0.05, 0.1) is 12.0 Å². The van der Waals surface area contributed by atoms with Gasteiger partial charge in [-0.25, -0.2) is 0 Å². The van der Waals surface area contributed by atoms with E-state index in [1.54, 1.807) is 19.0 Å². The highest BCUT2D eigenvalue weighted by Gasteiger charge is 2.42. The van der Waals surface area contributed by atoms with Crippen molar-refractivity contribution < 1.29 is 9.59 Å². The lowest BCUT2D eigenvalue weighted by Crippen LogP contribution is -2.48. The summed E-state index contributed by atoms with van der Waals surface area (Å²) in [5.74, 6) is 0.116. The van der Waals surface area contributed by atoms with E-state index in [1.807, 2.05) is 6.92 Å². The maximum atomic E-state index is 12.8. The second-order valence-corrected chi connectivity index (χ2v) is 5.56. The van der Waals surface area contributed by atoms with Crippen molar-refractivity contribution in [2.75, 3.05) is 40.3 Å². The van der Waals surface area contributed by atoms with Gasteiger partial charge in [-0.15, -0.1) is 0 Å². The number of likely N-dealkylation sites (N-methyl/N-ethyl adjacent to an activating group) is 2. The Morgan fingerprint density at radius 3 is 2.37 bits per heavy atom. The molecule has 2 amide bonds. The van der Waals surface area contributed by atoms with E-state index in [1.165, 1.54) is 4.90 Å². The smallest absolute Gasteiger partial charge is 0.241 e. The van der Waals surface area contributed by atoms with Crippen LogP contribution in [0.5, 0.6) is 0 Å². The summed E-state index contributed by atoms with van der Waals surface area (Å²) in [6.45, 7) is 6.45. The Balaban J connectivity index is 2.78. The molecule has 1 fully saturated rings. The molecular weight excluding hydrogens is 242 g/mol. The van der Waals surface area contributed by atoms with Crippen molar-refractivity contribution in [3.63, 3.8) is 0 Å². The van der Waals surface area contributed by atoms with E-state index >= 15 is 0 Å². The van der Waals surface area contributed by atoms with E-state index in [0.29, 0.717) is 6.54 Å². The molecule has 0 radical (unpaired) electrons. The molecule has 0 bridgehead atoms. The zero-order valence-corrected chi connectivity index (χ0v) is 12.7. The summed E-state index contributed by atoms with van der Waals surface area (Å²) >= 11 is 0. The van der Waals surface area contributed by atoms with Crippen LogP contribution < -0.4 is 5.32 Å². The van der Waals surface area contributed by atoms with Crippen LogP contribution in [-0.2, 0) is 9.59 Å².